The van der Waals surface area contributed by atoms with Gasteiger partial charge in [-0.05, 0) is 50.5 Å². The van der Waals surface area contributed by atoms with Crippen LogP contribution in [0, 0.1) is 27.7 Å². The average Bonchev–Trinajstić information content (AvgIpc) is 3.13. The predicted molar refractivity (Wildman–Crippen MR) is 139 cm³/mol. The highest BCUT2D eigenvalue weighted by Gasteiger charge is 2.21. The molecule has 0 radical (unpaired) electrons. The third-order valence-electron chi connectivity index (χ3n) is 6.79. The number of benzene rings is 2. The molecule has 5 rings (SSSR count). The molecular weight excluding hydrogens is 428 g/mol. The fraction of sp³-hybridized carbons (Fsp3) is 0.333. The van der Waals surface area contributed by atoms with Gasteiger partial charge in [0.15, 0.2) is 0 Å². The van der Waals surface area contributed by atoms with Crippen molar-refractivity contribution in [2.24, 2.45) is 0 Å². The molecule has 0 spiro atoms. The first-order valence-corrected chi connectivity index (χ1v) is 12.3. The van der Waals surface area contributed by atoms with Gasteiger partial charge in [0.2, 0.25) is 0 Å². The molecule has 4 aromatic rings. The first-order valence-electron chi connectivity index (χ1n) is 11.5. The van der Waals surface area contributed by atoms with Crippen LogP contribution in [0.1, 0.15) is 27.4 Å². The summed E-state index contributed by atoms with van der Waals surface area (Å²) >= 11 is 1.61. The maximum atomic E-state index is 13.1. The highest BCUT2D eigenvalue weighted by molar-refractivity contribution is 7.19. The summed E-state index contributed by atoms with van der Waals surface area (Å²) < 4.78 is 0. The molecule has 1 fully saturated rings. The summed E-state index contributed by atoms with van der Waals surface area (Å²) in [5, 5.41) is 0.713. The number of aromatic amines is 1. The Bertz CT molecular complexity index is 1360. The highest BCUT2D eigenvalue weighted by Crippen LogP contribution is 2.35. The zero-order chi connectivity index (χ0) is 23.1. The zero-order valence-corrected chi connectivity index (χ0v) is 20.6. The van der Waals surface area contributed by atoms with Crippen molar-refractivity contribution in [1.29, 1.82) is 0 Å². The van der Waals surface area contributed by atoms with Crippen LogP contribution in [-0.2, 0) is 6.54 Å². The molecule has 1 N–H and O–H groups in total. The van der Waals surface area contributed by atoms with E-state index in [0.29, 0.717) is 11.9 Å². The Hall–Kier alpha value is -2.96. The Morgan fingerprint density at radius 2 is 1.70 bits per heavy atom. The Labute approximate surface area is 198 Å². The van der Waals surface area contributed by atoms with Crippen molar-refractivity contribution in [3.8, 4) is 11.1 Å². The van der Waals surface area contributed by atoms with Gasteiger partial charge in [0.1, 0.15) is 10.7 Å². The van der Waals surface area contributed by atoms with Gasteiger partial charge in [-0.2, -0.15) is 0 Å². The van der Waals surface area contributed by atoms with Gasteiger partial charge >= 0.3 is 0 Å². The van der Waals surface area contributed by atoms with Gasteiger partial charge in [0.25, 0.3) is 5.56 Å². The molecule has 0 saturated carbocycles. The quantitative estimate of drug-likeness (QED) is 0.456. The minimum Gasteiger partial charge on any atom is -0.369 e. The van der Waals surface area contributed by atoms with Gasteiger partial charge in [-0.25, -0.2) is 4.98 Å². The highest BCUT2D eigenvalue weighted by atomic mass is 32.1. The van der Waals surface area contributed by atoms with E-state index in [0.717, 1.165) is 52.8 Å². The second-order valence-corrected chi connectivity index (χ2v) is 10.3. The Balaban J connectivity index is 1.35. The third kappa shape index (κ3) is 4.21. The molecule has 0 amide bonds. The lowest BCUT2D eigenvalue weighted by atomic mass is 10.0. The third-order valence-corrected chi connectivity index (χ3v) is 7.79. The summed E-state index contributed by atoms with van der Waals surface area (Å²) in [7, 11) is 0. The van der Waals surface area contributed by atoms with Crippen LogP contribution in [-0.4, -0.2) is 41.0 Å². The SMILES string of the molecule is Cc1ccc(-c2c(C)sc3nc(CN4CCN(c5cccc(C)c5C)CC4)[nH]c(=O)c23)cc1. The van der Waals surface area contributed by atoms with E-state index in [9.17, 15) is 4.79 Å². The van der Waals surface area contributed by atoms with Crippen molar-refractivity contribution in [1.82, 2.24) is 14.9 Å². The molecule has 1 saturated heterocycles. The fourth-order valence-corrected chi connectivity index (χ4v) is 5.81. The Morgan fingerprint density at radius 3 is 2.42 bits per heavy atom. The number of thiophene rings is 1. The summed E-state index contributed by atoms with van der Waals surface area (Å²) in [6.07, 6.45) is 0. The summed E-state index contributed by atoms with van der Waals surface area (Å²) in [5.74, 6) is 0.754. The molecule has 170 valence electrons. The van der Waals surface area contributed by atoms with Crippen LogP contribution < -0.4 is 10.5 Å². The summed E-state index contributed by atoms with van der Waals surface area (Å²) in [6.45, 7) is 13.1. The standard InChI is InChI=1S/C27H30N4OS/c1-17-8-10-21(11-9-17)24-20(4)33-27-25(24)26(32)28-23(29-27)16-30-12-14-31(15-13-30)22-7-5-6-18(2)19(22)3/h5-11H,12-16H2,1-4H3,(H,28,29,32). The van der Waals surface area contributed by atoms with Gasteiger partial charge in [-0.1, -0.05) is 42.0 Å². The van der Waals surface area contributed by atoms with Crippen LogP contribution in [0.3, 0.4) is 0 Å². The van der Waals surface area contributed by atoms with E-state index in [1.165, 1.54) is 22.4 Å². The van der Waals surface area contributed by atoms with E-state index in [4.69, 9.17) is 4.98 Å². The zero-order valence-electron chi connectivity index (χ0n) is 19.7. The van der Waals surface area contributed by atoms with E-state index in [2.05, 4.69) is 84.9 Å². The topological polar surface area (TPSA) is 52.2 Å². The molecule has 1 aliphatic heterocycles. The second kappa shape index (κ2) is 8.76. The molecular formula is C27H30N4OS. The van der Waals surface area contributed by atoms with Crippen LogP contribution in [0.15, 0.2) is 47.3 Å². The van der Waals surface area contributed by atoms with Crippen molar-refractivity contribution >= 4 is 27.2 Å². The lowest BCUT2D eigenvalue weighted by Crippen LogP contribution is -2.46. The number of hydrogen-bond acceptors (Lipinski definition) is 5. The van der Waals surface area contributed by atoms with Crippen molar-refractivity contribution in [2.45, 2.75) is 34.2 Å². The van der Waals surface area contributed by atoms with E-state index in [-0.39, 0.29) is 5.56 Å². The van der Waals surface area contributed by atoms with Crippen LogP contribution in [0.2, 0.25) is 0 Å². The van der Waals surface area contributed by atoms with Crippen molar-refractivity contribution in [2.75, 3.05) is 31.1 Å². The van der Waals surface area contributed by atoms with Crippen LogP contribution >= 0.6 is 11.3 Å². The number of rotatable bonds is 4. The smallest absolute Gasteiger partial charge is 0.260 e. The van der Waals surface area contributed by atoms with E-state index in [1.807, 2.05) is 0 Å². The number of fused-ring (bicyclic) bond motifs is 1. The van der Waals surface area contributed by atoms with Gasteiger partial charge in [-0.15, -0.1) is 11.3 Å². The van der Waals surface area contributed by atoms with Crippen LogP contribution in [0.25, 0.3) is 21.3 Å². The van der Waals surface area contributed by atoms with Gasteiger partial charge in [0, 0.05) is 42.3 Å². The largest absolute Gasteiger partial charge is 0.369 e. The summed E-state index contributed by atoms with van der Waals surface area (Å²) in [6, 6.07) is 14.9. The molecule has 0 aliphatic carbocycles. The molecule has 6 heteroatoms. The predicted octanol–water partition coefficient (Wildman–Crippen LogP) is 5.21. The number of H-pyrrole nitrogens is 1. The molecule has 5 nitrogen and oxygen atoms in total. The van der Waals surface area contributed by atoms with Crippen LogP contribution in [0.5, 0.6) is 0 Å². The molecule has 33 heavy (non-hydrogen) atoms. The number of piperazine rings is 1. The molecule has 0 atom stereocenters. The minimum atomic E-state index is -0.0380. The lowest BCUT2D eigenvalue weighted by molar-refractivity contribution is 0.244. The molecule has 0 unspecified atom stereocenters. The lowest BCUT2D eigenvalue weighted by Gasteiger charge is -2.36. The first-order chi connectivity index (χ1) is 15.9. The number of nitrogens with one attached hydrogen (secondary N) is 1. The molecule has 2 aromatic heterocycles. The second-order valence-electron chi connectivity index (χ2n) is 9.07. The first kappa shape index (κ1) is 21.9. The minimum absolute atomic E-state index is 0.0380. The fourth-order valence-electron chi connectivity index (χ4n) is 4.74. The Kier molecular flexibility index (Phi) is 5.81. The molecule has 3 heterocycles. The van der Waals surface area contributed by atoms with Crippen molar-refractivity contribution in [3.05, 3.63) is 80.2 Å². The number of aromatic nitrogens is 2. The summed E-state index contributed by atoms with van der Waals surface area (Å²) in [5.41, 5.74) is 7.29. The van der Waals surface area contributed by atoms with Gasteiger partial charge in [0.05, 0.1) is 11.9 Å². The average molecular weight is 459 g/mol. The van der Waals surface area contributed by atoms with E-state index in [1.54, 1.807) is 11.3 Å². The molecule has 2 aromatic carbocycles. The maximum Gasteiger partial charge on any atom is 0.260 e. The maximum absolute atomic E-state index is 13.1. The molecule has 0 bridgehead atoms. The Morgan fingerprint density at radius 1 is 0.970 bits per heavy atom. The number of aryl methyl sites for hydroxylation is 3. The van der Waals surface area contributed by atoms with Crippen molar-refractivity contribution < 1.29 is 0 Å². The van der Waals surface area contributed by atoms with E-state index >= 15 is 0 Å². The normalized spacial score (nSPS) is 14.8. The molecule has 1 aliphatic rings. The number of anilines is 1. The summed E-state index contributed by atoms with van der Waals surface area (Å²) in [4.78, 5) is 27.9. The van der Waals surface area contributed by atoms with Gasteiger partial charge in [-0.3, -0.25) is 9.69 Å². The van der Waals surface area contributed by atoms with Crippen molar-refractivity contribution in [3.63, 3.8) is 0 Å². The number of nitrogens with zero attached hydrogens (tertiary/aromatic N) is 3. The monoisotopic (exact) mass is 458 g/mol. The van der Waals surface area contributed by atoms with Gasteiger partial charge < -0.3 is 9.88 Å². The van der Waals surface area contributed by atoms with Crippen LogP contribution in [0.4, 0.5) is 5.69 Å². The van der Waals surface area contributed by atoms with E-state index < -0.39 is 0 Å². The number of hydrogen-bond donors (Lipinski definition) is 1.